The zero-order chi connectivity index (χ0) is 22.4. The molecule has 0 amide bonds. The smallest absolute Gasteiger partial charge is 0.163 e. The van der Waals surface area contributed by atoms with Gasteiger partial charge in [0.05, 0.1) is 17.2 Å². The summed E-state index contributed by atoms with van der Waals surface area (Å²) in [6.45, 7) is 1.62. The van der Waals surface area contributed by atoms with E-state index in [9.17, 15) is 0 Å². The standard InChI is InChI=1S/C23H20Cl5NO2/c1-30-22-9-16(12-29-7-6-15-3-4-17(24)10-19(15)26)20(27)11-23(22)31-13-14-2-5-18(25)21(28)8-14/h2-5,8-11,29H,6-7,12-13H2,1H3. The molecule has 0 saturated heterocycles. The summed E-state index contributed by atoms with van der Waals surface area (Å²) in [7, 11) is 1.59. The van der Waals surface area contributed by atoms with Crippen LogP contribution >= 0.6 is 58.0 Å². The highest BCUT2D eigenvalue weighted by Gasteiger charge is 2.12. The summed E-state index contributed by atoms with van der Waals surface area (Å²) in [6, 6.07) is 14.5. The summed E-state index contributed by atoms with van der Waals surface area (Å²) in [6.07, 6.45) is 0.773. The van der Waals surface area contributed by atoms with Crippen molar-refractivity contribution >= 4 is 58.0 Å². The molecule has 0 aliphatic heterocycles. The van der Waals surface area contributed by atoms with Crippen molar-refractivity contribution in [3.63, 3.8) is 0 Å². The number of nitrogens with one attached hydrogen (secondary N) is 1. The predicted molar refractivity (Wildman–Crippen MR) is 131 cm³/mol. The Kier molecular flexibility index (Phi) is 9.03. The van der Waals surface area contributed by atoms with Gasteiger partial charge in [-0.25, -0.2) is 0 Å². The SMILES string of the molecule is COc1cc(CNCCc2ccc(Cl)cc2Cl)c(Cl)cc1OCc1ccc(Cl)c(Cl)c1. The van der Waals surface area contributed by atoms with Crippen molar-refractivity contribution < 1.29 is 9.47 Å². The zero-order valence-corrected chi connectivity index (χ0v) is 20.4. The van der Waals surface area contributed by atoms with Gasteiger partial charge in [0.1, 0.15) is 6.61 Å². The maximum absolute atomic E-state index is 6.47. The molecule has 0 aromatic heterocycles. The van der Waals surface area contributed by atoms with Gasteiger partial charge in [-0.2, -0.15) is 0 Å². The first kappa shape index (κ1) is 24.3. The van der Waals surface area contributed by atoms with Crippen LogP contribution in [0.3, 0.4) is 0 Å². The minimum Gasteiger partial charge on any atom is -0.493 e. The van der Waals surface area contributed by atoms with E-state index in [0.717, 1.165) is 29.7 Å². The number of benzene rings is 3. The lowest BCUT2D eigenvalue weighted by Gasteiger charge is -2.15. The predicted octanol–water partition coefficient (Wildman–Crippen LogP) is 7.87. The van der Waals surface area contributed by atoms with E-state index in [4.69, 9.17) is 67.5 Å². The van der Waals surface area contributed by atoms with Crippen molar-refractivity contribution in [3.05, 3.63) is 90.3 Å². The lowest BCUT2D eigenvalue weighted by Crippen LogP contribution is -2.17. The Balaban J connectivity index is 1.59. The van der Waals surface area contributed by atoms with Crippen molar-refractivity contribution in [2.75, 3.05) is 13.7 Å². The average Bonchev–Trinajstić information content (AvgIpc) is 2.74. The fourth-order valence-corrected chi connectivity index (χ4v) is 3.99. The number of halogens is 5. The highest BCUT2D eigenvalue weighted by molar-refractivity contribution is 6.42. The van der Waals surface area contributed by atoms with Crippen LogP contribution < -0.4 is 14.8 Å². The molecule has 0 spiro atoms. The molecular formula is C23H20Cl5NO2. The monoisotopic (exact) mass is 517 g/mol. The second-order valence-electron chi connectivity index (χ2n) is 6.79. The van der Waals surface area contributed by atoms with Crippen LogP contribution in [-0.4, -0.2) is 13.7 Å². The van der Waals surface area contributed by atoms with E-state index in [1.807, 2.05) is 24.3 Å². The van der Waals surface area contributed by atoms with E-state index in [2.05, 4.69) is 5.32 Å². The first-order valence-corrected chi connectivity index (χ1v) is 11.3. The van der Waals surface area contributed by atoms with Crippen molar-refractivity contribution in [2.45, 2.75) is 19.6 Å². The molecule has 3 aromatic rings. The van der Waals surface area contributed by atoms with Crippen LogP contribution in [0.4, 0.5) is 0 Å². The first-order valence-electron chi connectivity index (χ1n) is 9.45. The van der Waals surface area contributed by atoms with Gasteiger partial charge in [-0.3, -0.25) is 0 Å². The normalized spacial score (nSPS) is 10.9. The van der Waals surface area contributed by atoms with E-state index >= 15 is 0 Å². The molecule has 164 valence electrons. The number of hydrogen-bond donors (Lipinski definition) is 1. The van der Waals surface area contributed by atoms with Gasteiger partial charge in [0.25, 0.3) is 0 Å². The van der Waals surface area contributed by atoms with Gasteiger partial charge < -0.3 is 14.8 Å². The molecule has 0 atom stereocenters. The maximum atomic E-state index is 6.47. The van der Waals surface area contributed by atoms with E-state index in [0.29, 0.717) is 49.8 Å². The summed E-state index contributed by atoms with van der Waals surface area (Å²) >= 11 is 30.7. The molecule has 3 rings (SSSR count). The molecule has 0 aliphatic rings. The molecular weight excluding hydrogens is 500 g/mol. The lowest BCUT2D eigenvalue weighted by molar-refractivity contribution is 0.284. The minimum absolute atomic E-state index is 0.309. The van der Waals surface area contributed by atoms with Gasteiger partial charge in [-0.1, -0.05) is 70.1 Å². The topological polar surface area (TPSA) is 30.5 Å². The van der Waals surface area contributed by atoms with Gasteiger partial charge in [0, 0.05) is 27.7 Å². The third kappa shape index (κ3) is 6.82. The van der Waals surface area contributed by atoms with Crippen LogP contribution in [-0.2, 0) is 19.6 Å². The Morgan fingerprint density at radius 2 is 1.52 bits per heavy atom. The van der Waals surface area contributed by atoms with E-state index in [1.165, 1.54) is 0 Å². The van der Waals surface area contributed by atoms with Crippen molar-refractivity contribution in [3.8, 4) is 11.5 Å². The third-order valence-electron chi connectivity index (χ3n) is 4.61. The fraction of sp³-hybridized carbons (Fsp3) is 0.217. The molecule has 3 aromatic carbocycles. The zero-order valence-electron chi connectivity index (χ0n) is 16.7. The van der Waals surface area contributed by atoms with Crippen LogP contribution in [0, 0.1) is 0 Å². The third-order valence-corrected chi connectivity index (χ3v) is 6.29. The average molecular weight is 520 g/mol. The van der Waals surface area contributed by atoms with Crippen LogP contribution in [0.15, 0.2) is 48.5 Å². The molecule has 0 heterocycles. The highest BCUT2D eigenvalue weighted by Crippen LogP contribution is 2.34. The van der Waals surface area contributed by atoms with Gasteiger partial charge in [-0.15, -0.1) is 0 Å². The molecule has 0 fully saturated rings. The Hall–Kier alpha value is -1.33. The van der Waals surface area contributed by atoms with E-state index in [1.54, 1.807) is 31.4 Å². The molecule has 0 aliphatic carbocycles. The van der Waals surface area contributed by atoms with E-state index in [-0.39, 0.29) is 0 Å². The largest absolute Gasteiger partial charge is 0.493 e. The van der Waals surface area contributed by atoms with Crippen LogP contribution in [0.2, 0.25) is 25.1 Å². The second kappa shape index (κ2) is 11.5. The Morgan fingerprint density at radius 3 is 2.23 bits per heavy atom. The molecule has 0 saturated carbocycles. The molecule has 3 nitrogen and oxygen atoms in total. The van der Waals surface area contributed by atoms with E-state index < -0.39 is 0 Å². The quantitative estimate of drug-likeness (QED) is 0.292. The van der Waals surface area contributed by atoms with Gasteiger partial charge >= 0.3 is 0 Å². The first-order chi connectivity index (χ1) is 14.9. The maximum Gasteiger partial charge on any atom is 0.163 e. The summed E-state index contributed by atoms with van der Waals surface area (Å²) < 4.78 is 11.4. The summed E-state index contributed by atoms with van der Waals surface area (Å²) in [5.74, 6) is 1.15. The summed E-state index contributed by atoms with van der Waals surface area (Å²) in [4.78, 5) is 0. The van der Waals surface area contributed by atoms with Crippen LogP contribution in [0.25, 0.3) is 0 Å². The number of hydrogen-bond acceptors (Lipinski definition) is 3. The molecule has 8 heteroatoms. The Morgan fingerprint density at radius 1 is 0.742 bits per heavy atom. The van der Waals surface area contributed by atoms with Gasteiger partial charge in [0.15, 0.2) is 11.5 Å². The molecule has 0 radical (unpaired) electrons. The molecule has 31 heavy (non-hydrogen) atoms. The second-order valence-corrected chi connectivity index (χ2v) is 8.86. The fourth-order valence-electron chi connectivity index (χ4n) is 2.95. The number of ether oxygens (including phenoxy) is 2. The van der Waals surface area contributed by atoms with Crippen molar-refractivity contribution in [1.29, 1.82) is 0 Å². The van der Waals surface area contributed by atoms with Crippen LogP contribution in [0.5, 0.6) is 11.5 Å². The molecule has 0 unspecified atom stereocenters. The van der Waals surface area contributed by atoms with Gasteiger partial charge in [-0.05, 0) is 60.0 Å². The molecule has 0 bridgehead atoms. The number of methoxy groups -OCH3 is 1. The van der Waals surface area contributed by atoms with Crippen molar-refractivity contribution in [2.24, 2.45) is 0 Å². The Bertz CT molecular complexity index is 1060. The summed E-state index contributed by atoms with van der Waals surface area (Å²) in [5.41, 5.74) is 2.83. The summed E-state index contributed by atoms with van der Waals surface area (Å²) in [5, 5.41) is 6.23. The highest BCUT2D eigenvalue weighted by atomic mass is 35.5. The van der Waals surface area contributed by atoms with Crippen LogP contribution in [0.1, 0.15) is 16.7 Å². The minimum atomic E-state index is 0.309. The molecule has 1 N–H and O–H groups in total. The Labute approximate surface area is 207 Å². The van der Waals surface area contributed by atoms with Gasteiger partial charge in [0.2, 0.25) is 0 Å². The number of rotatable bonds is 9. The van der Waals surface area contributed by atoms with Crippen molar-refractivity contribution in [1.82, 2.24) is 5.32 Å². The lowest BCUT2D eigenvalue weighted by atomic mass is 10.1.